The maximum atomic E-state index is 12.7. The van der Waals surface area contributed by atoms with Crippen molar-refractivity contribution in [2.75, 3.05) is 6.54 Å². The molecule has 0 saturated heterocycles. The Kier molecular flexibility index (Phi) is 35.4. The van der Waals surface area contributed by atoms with E-state index in [0.29, 0.717) is 32.2 Å². The molecule has 2 atom stereocenters. The summed E-state index contributed by atoms with van der Waals surface area (Å²) in [4.78, 5) is 36.2. The van der Waals surface area contributed by atoms with Crippen LogP contribution in [0.2, 0.25) is 0 Å². The molecule has 0 aliphatic heterocycles. The molecule has 0 radical (unpaired) electrons. The third-order valence-electron chi connectivity index (χ3n) is 9.67. The minimum absolute atomic E-state index is 0.0179. The molecule has 0 fully saturated rings. The smallest absolute Gasteiger partial charge is 0.326 e. The number of nitrogens with two attached hydrogens (primary N) is 1. The van der Waals surface area contributed by atoms with E-state index in [4.69, 9.17) is 10.5 Å². The number of aliphatic carboxylic acids is 1. The second-order valence-corrected chi connectivity index (χ2v) is 14.4. The van der Waals surface area contributed by atoms with Crippen LogP contribution in [-0.4, -0.2) is 41.6 Å². The largest absolute Gasteiger partial charge is 0.480 e. The van der Waals surface area contributed by atoms with Gasteiger partial charge in [-0.25, -0.2) is 4.79 Å². The Labute approximate surface area is 297 Å². The van der Waals surface area contributed by atoms with Crippen molar-refractivity contribution in [2.45, 2.75) is 238 Å². The van der Waals surface area contributed by atoms with E-state index in [2.05, 4.69) is 19.2 Å². The first-order valence-corrected chi connectivity index (χ1v) is 20.9. The molecule has 0 saturated carbocycles. The van der Waals surface area contributed by atoms with Gasteiger partial charge in [0.1, 0.15) is 12.1 Å². The lowest BCUT2D eigenvalue weighted by molar-refractivity contribution is -0.150. The fourth-order valence-corrected chi connectivity index (χ4v) is 6.51. The standard InChI is InChI=1S/C41H80N2O5/c1-3-5-7-9-11-13-15-16-17-19-22-26-31-37(48-40(45)35-29-25-20-18-14-12-10-8-6-4-2)32-27-23-21-24-28-34-39(44)43-38(41(46)47)33-30-36-42/h37-38H,3-36,42H2,1-2H3,(H,43,44)(H,46,47). The predicted octanol–water partition coefficient (Wildman–Crippen LogP) is 11.3. The van der Waals surface area contributed by atoms with Crippen molar-refractivity contribution in [3.8, 4) is 0 Å². The molecule has 0 aliphatic carbocycles. The van der Waals surface area contributed by atoms with Gasteiger partial charge in [-0.15, -0.1) is 0 Å². The van der Waals surface area contributed by atoms with Gasteiger partial charge in [-0.1, -0.05) is 162 Å². The quantitative estimate of drug-likeness (QED) is 0.0441. The van der Waals surface area contributed by atoms with E-state index in [1.165, 1.54) is 122 Å². The van der Waals surface area contributed by atoms with Gasteiger partial charge >= 0.3 is 11.9 Å². The first-order chi connectivity index (χ1) is 23.4. The minimum atomic E-state index is -1.00. The first-order valence-electron chi connectivity index (χ1n) is 20.9. The topological polar surface area (TPSA) is 119 Å². The van der Waals surface area contributed by atoms with E-state index < -0.39 is 12.0 Å². The molecule has 0 aromatic rings. The van der Waals surface area contributed by atoms with Gasteiger partial charge in [0, 0.05) is 12.8 Å². The summed E-state index contributed by atoms with van der Waals surface area (Å²) in [6.45, 7) is 4.95. The molecule has 48 heavy (non-hydrogen) atoms. The number of amides is 1. The molecule has 0 rings (SSSR count). The van der Waals surface area contributed by atoms with E-state index in [1.807, 2.05) is 0 Å². The van der Waals surface area contributed by atoms with E-state index in [-0.39, 0.29) is 18.0 Å². The zero-order chi connectivity index (χ0) is 35.3. The highest BCUT2D eigenvalue weighted by Gasteiger charge is 2.19. The van der Waals surface area contributed by atoms with Crippen molar-refractivity contribution in [3.63, 3.8) is 0 Å². The number of esters is 1. The van der Waals surface area contributed by atoms with Crippen LogP contribution >= 0.6 is 0 Å². The number of rotatable bonds is 38. The monoisotopic (exact) mass is 681 g/mol. The lowest BCUT2D eigenvalue weighted by Gasteiger charge is -2.18. The Morgan fingerprint density at radius 1 is 0.521 bits per heavy atom. The molecule has 0 heterocycles. The number of carbonyl (C=O) groups excluding carboxylic acids is 2. The molecule has 284 valence electrons. The molecular formula is C41H80N2O5. The van der Waals surface area contributed by atoms with Crippen molar-refractivity contribution in [1.82, 2.24) is 5.32 Å². The molecule has 0 aliphatic rings. The molecule has 0 spiro atoms. The van der Waals surface area contributed by atoms with Crippen LogP contribution in [0.15, 0.2) is 0 Å². The Bertz CT molecular complexity index is 732. The third kappa shape index (κ3) is 32.9. The number of hydrogen-bond donors (Lipinski definition) is 3. The Morgan fingerprint density at radius 3 is 1.29 bits per heavy atom. The maximum Gasteiger partial charge on any atom is 0.326 e. The second kappa shape index (κ2) is 36.6. The number of carbonyl (C=O) groups is 3. The molecule has 4 N–H and O–H groups in total. The molecular weight excluding hydrogens is 600 g/mol. The van der Waals surface area contributed by atoms with Crippen LogP contribution in [0, 0.1) is 0 Å². The van der Waals surface area contributed by atoms with Crippen LogP contribution < -0.4 is 11.1 Å². The van der Waals surface area contributed by atoms with E-state index >= 15 is 0 Å². The number of unbranched alkanes of at least 4 members (excludes halogenated alkanes) is 24. The third-order valence-corrected chi connectivity index (χ3v) is 9.67. The lowest BCUT2D eigenvalue weighted by atomic mass is 10.0. The van der Waals surface area contributed by atoms with Crippen molar-refractivity contribution >= 4 is 17.8 Å². The van der Waals surface area contributed by atoms with Gasteiger partial charge in [-0.2, -0.15) is 0 Å². The summed E-state index contributed by atoms with van der Waals surface area (Å²) in [6.07, 6.45) is 37.1. The summed E-state index contributed by atoms with van der Waals surface area (Å²) in [5.74, 6) is -1.22. The average molecular weight is 681 g/mol. The number of ether oxygens (including phenoxy) is 1. The normalized spacial score (nSPS) is 12.6. The molecule has 7 heteroatoms. The highest BCUT2D eigenvalue weighted by atomic mass is 16.5. The fraction of sp³-hybridized carbons (Fsp3) is 0.927. The average Bonchev–Trinajstić information content (AvgIpc) is 3.07. The van der Waals surface area contributed by atoms with Gasteiger partial charge in [0.25, 0.3) is 0 Å². The van der Waals surface area contributed by atoms with Gasteiger partial charge in [-0.3, -0.25) is 9.59 Å². The minimum Gasteiger partial charge on any atom is -0.480 e. The summed E-state index contributed by atoms with van der Waals surface area (Å²) in [6, 6.07) is -0.851. The molecule has 0 aromatic carbocycles. The van der Waals surface area contributed by atoms with Gasteiger partial charge in [-0.05, 0) is 57.9 Å². The van der Waals surface area contributed by atoms with Crippen molar-refractivity contribution < 1.29 is 24.2 Å². The van der Waals surface area contributed by atoms with Gasteiger partial charge in [0.05, 0.1) is 0 Å². The summed E-state index contributed by atoms with van der Waals surface area (Å²) in [5, 5.41) is 11.9. The van der Waals surface area contributed by atoms with Crippen LogP contribution in [0.25, 0.3) is 0 Å². The maximum absolute atomic E-state index is 12.7. The molecule has 0 aromatic heterocycles. The number of nitrogens with one attached hydrogen (secondary N) is 1. The Morgan fingerprint density at radius 2 is 0.896 bits per heavy atom. The molecule has 1 amide bonds. The summed E-state index contributed by atoms with van der Waals surface area (Å²) in [5.41, 5.74) is 5.48. The fourth-order valence-electron chi connectivity index (χ4n) is 6.51. The van der Waals surface area contributed by atoms with Crippen molar-refractivity contribution in [3.05, 3.63) is 0 Å². The van der Waals surface area contributed by atoms with Crippen LogP contribution in [0.5, 0.6) is 0 Å². The van der Waals surface area contributed by atoms with E-state index in [1.54, 1.807) is 0 Å². The summed E-state index contributed by atoms with van der Waals surface area (Å²) >= 11 is 0. The number of carboxylic acids is 1. The van der Waals surface area contributed by atoms with E-state index in [9.17, 15) is 19.5 Å². The van der Waals surface area contributed by atoms with Gasteiger partial charge in [0.15, 0.2) is 0 Å². The zero-order valence-corrected chi connectivity index (χ0v) is 31.9. The van der Waals surface area contributed by atoms with Crippen LogP contribution in [-0.2, 0) is 19.1 Å². The van der Waals surface area contributed by atoms with Crippen LogP contribution in [0.3, 0.4) is 0 Å². The van der Waals surface area contributed by atoms with Crippen LogP contribution in [0.1, 0.15) is 226 Å². The first kappa shape index (κ1) is 46.4. The lowest BCUT2D eigenvalue weighted by Crippen LogP contribution is -2.40. The summed E-state index contributed by atoms with van der Waals surface area (Å²) < 4.78 is 6.03. The van der Waals surface area contributed by atoms with Crippen molar-refractivity contribution in [2.24, 2.45) is 5.73 Å². The van der Waals surface area contributed by atoms with Gasteiger partial charge < -0.3 is 20.9 Å². The second-order valence-electron chi connectivity index (χ2n) is 14.4. The Hall–Kier alpha value is -1.63. The highest BCUT2D eigenvalue weighted by molar-refractivity contribution is 5.83. The SMILES string of the molecule is CCCCCCCCCCCCCCC(CCCCCCCC(=O)NC(CCCN)C(=O)O)OC(=O)CCCCCCCCCCCC. The summed E-state index contributed by atoms with van der Waals surface area (Å²) in [7, 11) is 0. The van der Waals surface area contributed by atoms with Gasteiger partial charge in [0.2, 0.25) is 5.91 Å². The van der Waals surface area contributed by atoms with Crippen molar-refractivity contribution in [1.29, 1.82) is 0 Å². The van der Waals surface area contributed by atoms with Crippen LogP contribution in [0.4, 0.5) is 0 Å². The predicted molar refractivity (Wildman–Crippen MR) is 202 cm³/mol. The zero-order valence-electron chi connectivity index (χ0n) is 31.9. The molecule has 7 nitrogen and oxygen atoms in total. The number of carboxylic acid groups (broad SMARTS) is 1. The Balaban J connectivity index is 4.29. The molecule has 2 unspecified atom stereocenters. The highest BCUT2D eigenvalue weighted by Crippen LogP contribution is 2.19. The number of hydrogen-bond acceptors (Lipinski definition) is 5. The van der Waals surface area contributed by atoms with E-state index in [0.717, 1.165) is 64.2 Å². The molecule has 0 bridgehead atoms.